The summed E-state index contributed by atoms with van der Waals surface area (Å²) in [4.78, 5) is 8.71. The molecule has 0 aromatic heterocycles. The summed E-state index contributed by atoms with van der Waals surface area (Å²) in [6, 6.07) is 0. The Labute approximate surface area is 91.3 Å². The lowest BCUT2D eigenvalue weighted by Crippen LogP contribution is -2.30. The van der Waals surface area contributed by atoms with Crippen molar-refractivity contribution >= 4 is 39.6 Å². The van der Waals surface area contributed by atoms with E-state index in [-0.39, 0.29) is 0 Å². The zero-order chi connectivity index (χ0) is 10.1. The summed E-state index contributed by atoms with van der Waals surface area (Å²) in [5.41, 5.74) is 0.910. The number of hydrazone groups is 1. The van der Waals surface area contributed by atoms with Crippen molar-refractivity contribution in [2.45, 2.75) is 0 Å². The Balaban J connectivity index is 2.39. The number of hydrogen-bond acceptors (Lipinski definition) is 6. The topological polar surface area (TPSA) is 40.3 Å². The normalized spacial score (nSPS) is 20.3. The van der Waals surface area contributed by atoms with Crippen molar-refractivity contribution < 1.29 is 0 Å². The zero-order valence-corrected chi connectivity index (χ0v) is 9.65. The highest BCUT2D eigenvalue weighted by Crippen LogP contribution is 2.23. The van der Waals surface area contributed by atoms with Crippen molar-refractivity contribution in [1.29, 1.82) is 0 Å². The van der Waals surface area contributed by atoms with Gasteiger partial charge in [-0.05, 0) is 12.5 Å². The lowest BCUT2D eigenvalue weighted by molar-refractivity contribution is 0.578. The molecule has 0 aromatic carbocycles. The molecule has 74 valence electrons. The minimum absolute atomic E-state index is 0.625. The molecule has 14 heavy (non-hydrogen) atoms. The molecule has 0 radical (unpaired) electrons. The van der Waals surface area contributed by atoms with E-state index >= 15 is 0 Å². The van der Waals surface area contributed by atoms with E-state index in [0.29, 0.717) is 6.54 Å². The Kier molecular flexibility index (Phi) is 2.64. The Morgan fingerprint density at radius 3 is 2.79 bits per heavy atom. The van der Waals surface area contributed by atoms with Crippen LogP contribution in [0.4, 0.5) is 0 Å². The van der Waals surface area contributed by atoms with Crippen LogP contribution in [0.15, 0.2) is 27.4 Å². The maximum atomic E-state index is 4.37. The summed E-state index contributed by atoms with van der Waals surface area (Å²) in [7, 11) is 0. The Hall–Kier alpha value is -0.750. The van der Waals surface area contributed by atoms with E-state index in [0.717, 1.165) is 21.7 Å². The van der Waals surface area contributed by atoms with Gasteiger partial charge < -0.3 is 0 Å². The largest absolute Gasteiger partial charge is 0.258 e. The van der Waals surface area contributed by atoms with E-state index in [4.69, 9.17) is 0 Å². The first-order valence-electron chi connectivity index (χ1n) is 4.04. The Morgan fingerprint density at radius 2 is 2.14 bits per heavy atom. The van der Waals surface area contributed by atoms with Gasteiger partial charge in [-0.3, -0.25) is 4.99 Å². The van der Waals surface area contributed by atoms with Crippen LogP contribution in [0.5, 0.6) is 0 Å². The molecule has 0 aromatic rings. The molecule has 0 fully saturated rings. The van der Waals surface area contributed by atoms with Gasteiger partial charge in [-0.25, -0.2) is 10.0 Å². The van der Waals surface area contributed by atoms with Crippen LogP contribution in [0.25, 0.3) is 0 Å². The third-order valence-corrected chi connectivity index (χ3v) is 3.06. The number of thioether (sulfide) groups is 2. The molecule has 2 rings (SSSR count). The molecular weight excluding hydrogens is 216 g/mol. The molecule has 0 atom stereocenters. The molecule has 2 heterocycles. The van der Waals surface area contributed by atoms with E-state index in [2.05, 4.69) is 21.7 Å². The molecule has 0 aliphatic carbocycles. The molecule has 0 unspecified atom stereocenters. The highest BCUT2D eigenvalue weighted by Gasteiger charge is 2.28. The first kappa shape index (κ1) is 9.79. The third-order valence-electron chi connectivity index (χ3n) is 1.86. The summed E-state index contributed by atoms with van der Waals surface area (Å²) >= 11 is 3.11. The van der Waals surface area contributed by atoms with Crippen LogP contribution in [0, 0.1) is 0 Å². The highest BCUT2D eigenvalue weighted by atomic mass is 32.2. The van der Waals surface area contributed by atoms with Crippen molar-refractivity contribution in [3.63, 3.8) is 0 Å². The molecule has 2 aliphatic rings. The average Bonchev–Trinajstić information content (AvgIpc) is 2.59. The first-order valence-corrected chi connectivity index (χ1v) is 6.49. The standard InChI is InChI=1S/C8H10N4S2/c1-5-4-9-6-7(13-2)10-8(14-3)11-12(5)6/h1,4H2,2-3H3. The Bertz CT molecular complexity index is 370. The molecule has 0 saturated carbocycles. The van der Waals surface area contributed by atoms with Crippen LogP contribution in [0.3, 0.4) is 0 Å². The van der Waals surface area contributed by atoms with E-state index in [1.54, 1.807) is 16.8 Å². The van der Waals surface area contributed by atoms with Crippen molar-refractivity contribution in [1.82, 2.24) is 5.01 Å². The van der Waals surface area contributed by atoms with Gasteiger partial charge in [0.1, 0.15) is 5.04 Å². The molecule has 0 saturated heterocycles. The van der Waals surface area contributed by atoms with Gasteiger partial charge in [-0.15, -0.1) is 16.9 Å². The molecule has 4 nitrogen and oxygen atoms in total. The fraction of sp³-hybridized carbons (Fsp3) is 0.375. The van der Waals surface area contributed by atoms with E-state index in [9.17, 15) is 0 Å². The number of hydrogen-bond donors (Lipinski definition) is 0. The van der Waals surface area contributed by atoms with Crippen LogP contribution in [0.2, 0.25) is 0 Å². The second-order valence-electron chi connectivity index (χ2n) is 2.73. The van der Waals surface area contributed by atoms with Crippen molar-refractivity contribution in [2.24, 2.45) is 15.1 Å². The molecule has 0 bridgehead atoms. The maximum absolute atomic E-state index is 4.37. The van der Waals surface area contributed by atoms with Crippen LogP contribution < -0.4 is 0 Å². The van der Waals surface area contributed by atoms with Crippen molar-refractivity contribution in [3.05, 3.63) is 12.3 Å². The van der Waals surface area contributed by atoms with Gasteiger partial charge >= 0.3 is 0 Å². The van der Waals surface area contributed by atoms with E-state index in [1.807, 2.05) is 12.5 Å². The van der Waals surface area contributed by atoms with Crippen LogP contribution >= 0.6 is 23.5 Å². The predicted molar refractivity (Wildman–Crippen MR) is 65.2 cm³/mol. The van der Waals surface area contributed by atoms with Gasteiger partial charge in [0.25, 0.3) is 0 Å². The molecule has 0 amide bonds. The molecular formula is C8H10N4S2. The summed E-state index contributed by atoms with van der Waals surface area (Å²) in [5, 5.41) is 7.79. The maximum Gasteiger partial charge on any atom is 0.208 e. The van der Waals surface area contributed by atoms with Gasteiger partial charge in [0.15, 0.2) is 5.84 Å². The SMILES string of the molecule is C=C1CN=C2C(SC)=NC(SC)=NN12. The summed E-state index contributed by atoms with van der Waals surface area (Å²) in [6.45, 7) is 4.53. The third kappa shape index (κ3) is 1.48. The minimum Gasteiger partial charge on any atom is -0.258 e. The van der Waals surface area contributed by atoms with Crippen LogP contribution in [-0.2, 0) is 0 Å². The second-order valence-corrected chi connectivity index (χ2v) is 4.29. The average molecular weight is 226 g/mol. The number of nitrogens with zero attached hydrogens (tertiary/aromatic N) is 4. The molecule has 2 aliphatic heterocycles. The summed E-state index contributed by atoms with van der Waals surface area (Å²) in [6.07, 6.45) is 3.95. The summed E-state index contributed by atoms with van der Waals surface area (Å²) in [5.74, 6) is 0.834. The van der Waals surface area contributed by atoms with Crippen molar-refractivity contribution in [3.8, 4) is 0 Å². The van der Waals surface area contributed by atoms with Gasteiger partial charge in [-0.1, -0.05) is 18.3 Å². The second kappa shape index (κ2) is 3.78. The Morgan fingerprint density at radius 1 is 1.36 bits per heavy atom. The highest BCUT2D eigenvalue weighted by molar-refractivity contribution is 8.16. The summed E-state index contributed by atoms with van der Waals surface area (Å²) < 4.78 is 0. The number of amidine groups is 2. The smallest absolute Gasteiger partial charge is 0.208 e. The van der Waals surface area contributed by atoms with Gasteiger partial charge in [0.2, 0.25) is 5.17 Å². The molecule has 6 heteroatoms. The number of rotatable bonds is 0. The lowest BCUT2D eigenvalue weighted by atomic mass is 10.5. The number of aliphatic imine (C=N–C) groups is 2. The van der Waals surface area contributed by atoms with E-state index < -0.39 is 0 Å². The predicted octanol–water partition coefficient (Wildman–Crippen LogP) is 1.62. The van der Waals surface area contributed by atoms with Gasteiger partial charge in [0, 0.05) is 0 Å². The lowest BCUT2D eigenvalue weighted by Gasteiger charge is -2.20. The van der Waals surface area contributed by atoms with Crippen LogP contribution in [0.1, 0.15) is 0 Å². The first-order chi connectivity index (χ1) is 6.76. The quantitative estimate of drug-likeness (QED) is 0.630. The van der Waals surface area contributed by atoms with E-state index in [1.165, 1.54) is 11.8 Å². The van der Waals surface area contributed by atoms with Crippen LogP contribution in [-0.4, -0.2) is 40.1 Å². The van der Waals surface area contributed by atoms with Crippen molar-refractivity contribution in [2.75, 3.05) is 19.1 Å². The number of fused-ring (bicyclic) bond motifs is 1. The van der Waals surface area contributed by atoms with Gasteiger partial charge in [-0.2, -0.15) is 0 Å². The monoisotopic (exact) mass is 226 g/mol. The molecule has 0 N–H and O–H groups in total. The fourth-order valence-electron chi connectivity index (χ4n) is 1.19. The fourth-order valence-corrected chi connectivity index (χ4v) is 2.11. The molecule has 0 spiro atoms. The van der Waals surface area contributed by atoms with Gasteiger partial charge in [0.05, 0.1) is 12.2 Å². The minimum atomic E-state index is 0.625. The zero-order valence-electron chi connectivity index (χ0n) is 8.02.